The molecule has 4 rings (SSSR count). The SMILES string of the molecule is Cc1ccc2c(c1)C(O)(c1ccc(C(C)(C)C)cc1)c1cc(C)ccc1O2. The number of ether oxygens (including phenoxy) is 1. The van der Waals surface area contributed by atoms with Crippen molar-refractivity contribution in [3.8, 4) is 11.5 Å². The highest BCUT2D eigenvalue weighted by Gasteiger charge is 2.42. The minimum atomic E-state index is -1.24. The second-order valence-electron chi connectivity index (χ2n) is 8.64. The van der Waals surface area contributed by atoms with Crippen LogP contribution in [0.1, 0.15) is 54.2 Å². The molecule has 0 saturated heterocycles. The van der Waals surface area contributed by atoms with Crippen LogP contribution in [0.25, 0.3) is 0 Å². The highest BCUT2D eigenvalue weighted by molar-refractivity contribution is 5.62. The van der Waals surface area contributed by atoms with Gasteiger partial charge in [-0.2, -0.15) is 0 Å². The van der Waals surface area contributed by atoms with E-state index in [9.17, 15) is 5.11 Å². The van der Waals surface area contributed by atoms with Gasteiger partial charge in [0.05, 0.1) is 0 Å². The molecule has 2 heteroatoms. The zero-order valence-corrected chi connectivity index (χ0v) is 16.6. The van der Waals surface area contributed by atoms with Crippen molar-refractivity contribution in [2.75, 3.05) is 0 Å². The Balaban J connectivity index is 1.98. The lowest BCUT2D eigenvalue weighted by Gasteiger charge is -2.37. The van der Waals surface area contributed by atoms with E-state index in [0.29, 0.717) is 11.5 Å². The third kappa shape index (κ3) is 2.85. The van der Waals surface area contributed by atoms with Gasteiger partial charge in [-0.1, -0.05) is 68.3 Å². The van der Waals surface area contributed by atoms with Crippen molar-refractivity contribution < 1.29 is 9.84 Å². The van der Waals surface area contributed by atoms with Gasteiger partial charge in [0, 0.05) is 11.1 Å². The normalized spacial score (nSPS) is 14.9. The van der Waals surface area contributed by atoms with Crippen molar-refractivity contribution in [2.45, 2.75) is 45.6 Å². The van der Waals surface area contributed by atoms with Gasteiger partial charge in [0.25, 0.3) is 0 Å². The highest BCUT2D eigenvalue weighted by atomic mass is 16.5. The summed E-state index contributed by atoms with van der Waals surface area (Å²) in [6.45, 7) is 10.7. The van der Waals surface area contributed by atoms with E-state index in [1.165, 1.54) is 5.56 Å². The number of fused-ring (bicyclic) bond motifs is 2. The van der Waals surface area contributed by atoms with Gasteiger partial charge in [-0.3, -0.25) is 0 Å². The van der Waals surface area contributed by atoms with E-state index in [4.69, 9.17) is 4.74 Å². The summed E-state index contributed by atoms with van der Waals surface area (Å²) in [5.41, 5.74) is 4.72. The second kappa shape index (κ2) is 5.97. The molecule has 0 saturated carbocycles. The molecule has 138 valence electrons. The molecule has 1 aliphatic rings. The molecule has 0 fully saturated rings. The van der Waals surface area contributed by atoms with Crippen molar-refractivity contribution in [1.82, 2.24) is 0 Å². The summed E-state index contributed by atoms with van der Waals surface area (Å²) < 4.78 is 6.12. The number of hydrogen-bond donors (Lipinski definition) is 1. The molecule has 0 unspecified atom stereocenters. The maximum Gasteiger partial charge on any atom is 0.147 e. The molecule has 1 aliphatic heterocycles. The quantitative estimate of drug-likeness (QED) is 0.579. The van der Waals surface area contributed by atoms with E-state index in [1.807, 2.05) is 62.4 Å². The van der Waals surface area contributed by atoms with Gasteiger partial charge in [0.1, 0.15) is 17.1 Å². The average molecular weight is 358 g/mol. The lowest BCUT2D eigenvalue weighted by molar-refractivity contribution is 0.112. The zero-order valence-electron chi connectivity index (χ0n) is 16.6. The molecule has 0 aliphatic carbocycles. The molecule has 0 atom stereocenters. The van der Waals surface area contributed by atoms with Crippen molar-refractivity contribution >= 4 is 0 Å². The van der Waals surface area contributed by atoms with E-state index >= 15 is 0 Å². The molecule has 27 heavy (non-hydrogen) atoms. The Morgan fingerprint density at radius 2 is 1.22 bits per heavy atom. The summed E-state index contributed by atoms with van der Waals surface area (Å²) in [6, 6.07) is 20.3. The van der Waals surface area contributed by atoms with Crippen LogP contribution in [-0.4, -0.2) is 5.11 Å². The van der Waals surface area contributed by atoms with Crippen LogP contribution >= 0.6 is 0 Å². The van der Waals surface area contributed by atoms with Crippen molar-refractivity contribution in [2.24, 2.45) is 0 Å². The molecule has 3 aromatic rings. The number of aryl methyl sites for hydroxylation is 2. The number of aliphatic hydroxyl groups is 1. The molecule has 0 spiro atoms. The van der Waals surface area contributed by atoms with Crippen LogP contribution in [0.15, 0.2) is 60.7 Å². The Labute approximate surface area is 161 Å². The van der Waals surface area contributed by atoms with Crippen LogP contribution in [0.3, 0.4) is 0 Å². The smallest absolute Gasteiger partial charge is 0.147 e. The summed E-state index contributed by atoms with van der Waals surface area (Å²) in [7, 11) is 0. The Bertz CT molecular complexity index is 956. The summed E-state index contributed by atoms with van der Waals surface area (Å²) in [5.74, 6) is 1.42. The molecular formula is C25H26O2. The van der Waals surface area contributed by atoms with Crippen LogP contribution in [0.4, 0.5) is 0 Å². The maximum absolute atomic E-state index is 12.1. The molecule has 0 radical (unpaired) electrons. The van der Waals surface area contributed by atoms with Gasteiger partial charge in [0.15, 0.2) is 0 Å². The zero-order chi connectivity index (χ0) is 19.4. The minimum absolute atomic E-state index is 0.0693. The largest absolute Gasteiger partial charge is 0.457 e. The Morgan fingerprint density at radius 3 is 1.67 bits per heavy atom. The van der Waals surface area contributed by atoms with Gasteiger partial charge < -0.3 is 9.84 Å². The number of benzene rings is 3. The fourth-order valence-corrected chi connectivity index (χ4v) is 3.82. The molecular weight excluding hydrogens is 332 g/mol. The first-order valence-electron chi connectivity index (χ1n) is 9.43. The van der Waals surface area contributed by atoms with E-state index in [0.717, 1.165) is 27.8 Å². The lowest BCUT2D eigenvalue weighted by Crippen LogP contribution is -2.32. The van der Waals surface area contributed by atoms with Crippen LogP contribution < -0.4 is 4.74 Å². The highest BCUT2D eigenvalue weighted by Crippen LogP contribution is 2.50. The second-order valence-corrected chi connectivity index (χ2v) is 8.64. The number of hydrogen-bond acceptors (Lipinski definition) is 2. The Kier molecular flexibility index (Phi) is 3.94. The maximum atomic E-state index is 12.1. The molecule has 0 amide bonds. The van der Waals surface area contributed by atoms with Crippen molar-refractivity contribution in [3.05, 3.63) is 94.0 Å². The topological polar surface area (TPSA) is 29.5 Å². The predicted molar refractivity (Wildman–Crippen MR) is 110 cm³/mol. The van der Waals surface area contributed by atoms with Gasteiger partial charge in [0.2, 0.25) is 0 Å². The van der Waals surface area contributed by atoms with Crippen molar-refractivity contribution in [1.29, 1.82) is 0 Å². The molecule has 0 bridgehead atoms. The van der Waals surface area contributed by atoms with Crippen LogP contribution in [0, 0.1) is 13.8 Å². The van der Waals surface area contributed by atoms with Crippen LogP contribution in [0.5, 0.6) is 11.5 Å². The first kappa shape index (κ1) is 17.8. The van der Waals surface area contributed by atoms with Gasteiger partial charge in [-0.05, 0) is 54.7 Å². The third-order valence-electron chi connectivity index (χ3n) is 5.44. The predicted octanol–water partition coefficient (Wildman–Crippen LogP) is 5.99. The first-order valence-corrected chi connectivity index (χ1v) is 9.43. The molecule has 1 N–H and O–H groups in total. The molecule has 0 aromatic heterocycles. The summed E-state index contributed by atoms with van der Waals surface area (Å²) in [5, 5.41) is 12.1. The third-order valence-corrected chi connectivity index (χ3v) is 5.44. The Morgan fingerprint density at radius 1 is 0.741 bits per heavy atom. The molecule has 2 nitrogen and oxygen atoms in total. The molecule has 1 heterocycles. The van der Waals surface area contributed by atoms with Crippen molar-refractivity contribution in [3.63, 3.8) is 0 Å². The van der Waals surface area contributed by atoms with Gasteiger partial charge in [-0.25, -0.2) is 0 Å². The Hall–Kier alpha value is -2.58. The lowest BCUT2D eigenvalue weighted by atomic mass is 9.76. The summed E-state index contributed by atoms with van der Waals surface area (Å²) in [6.07, 6.45) is 0. The first-order chi connectivity index (χ1) is 12.7. The van der Waals surface area contributed by atoms with Gasteiger partial charge >= 0.3 is 0 Å². The van der Waals surface area contributed by atoms with E-state index in [2.05, 4.69) is 32.9 Å². The van der Waals surface area contributed by atoms with E-state index in [1.54, 1.807) is 0 Å². The fourth-order valence-electron chi connectivity index (χ4n) is 3.82. The van der Waals surface area contributed by atoms with Gasteiger partial charge in [-0.15, -0.1) is 0 Å². The fraction of sp³-hybridized carbons (Fsp3) is 0.280. The monoisotopic (exact) mass is 358 g/mol. The van der Waals surface area contributed by atoms with Crippen LogP contribution in [0.2, 0.25) is 0 Å². The van der Waals surface area contributed by atoms with E-state index in [-0.39, 0.29) is 5.41 Å². The number of rotatable bonds is 1. The summed E-state index contributed by atoms with van der Waals surface area (Å²) >= 11 is 0. The standard InChI is InChI=1S/C25H26O2/c1-16-6-12-22-20(14-16)25(26,21-15-17(2)7-13-23(21)27-22)19-10-8-18(9-11-19)24(3,4)5/h6-15,26H,1-5H3. The van der Waals surface area contributed by atoms with E-state index < -0.39 is 5.60 Å². The minimum Gasteiger partial charge on any atom is -0.457 e. The summed E-state index contributed by atoms with van der Waals surface area (Å²) in [4.78, 5) is 0. The van der Waals surface area contributed by atoms with Crippen LogP contribution in [-0.2, 0) is 11.0 Å². The average Bonchev–Trinajstić information content (AvgIpc) is 2.63. The molecule has 3 aromatic carbocycles.